The second-order valence-corrected chi connectivity index (χ2v) is 8.14. The first-order chi connectivity index (χ1) is 13.1. The molecule has 142 valence electrons. The summed E-state index contributed by atoms with van der Waals surface area (Å²) in [5.41, 5.74) is 2.11. The van der Waals surface area contributed by atoms with Crippen molar-refractivity contribution in [2.75, 3.05) is 25.5 Å². The van der Waals surface area contributed by atoms with E-state index in [0.717, 1.165) is 37.2 Å². The number of amides is 1. The summed E-state index contributed by atoms with van der Waals surface area (Å²) >= 11 is 0. The normalized spacial score (nSPS) is 37.0. The average Bonchev–Trinajstić information content (AvgIpc) is 3.20. The summed E-state index contributed by atoms with van der Waals surface area (Å²) in [7, 11) is 1.41. The highest BCUT2D eigenvalue weighted by molar-refractivity contribution is 6.07. The summed E-state index contributed by atoms with van der Waals surface area (Å²) in [4.78, 5) is 27.9. The Labute approximate surface area is 158 Å². The van der Waals surface area contributed by atoms with Gasteiger partial charge in [-0.1, -0.05) is 18.2 Å². The largest absolute Gasteiger partial charge is 0.497 e. The number of piperidine rings is 1. The summed E-state index contributed by atoms with van der Waals surface area (Å²) in [6.45, 7) is 3.79. The van der Waals surface area contributed by atoms with Gasteiger partial charge >= 0.3 is 5.97 Å². The highest BCUT2D eigenvalue weighted by atomic mass is 16.5. The van der Waals surface area contributed by atoms with Crippen molar-refractivity contribution < 1.29 is 19.1 Å². The molecule has 4 heterocycles. The number of para-hydroxylation sites is 1. The van der Waals surface area contributed by atoms with Crippen LogP contribution in [0.1, 0.15) is 25.3 Å². The third-order valence-electron chi connectivity index (χ3n) is 7.14. The lowest BCUT2D eigenvalue weighted by molar-refractivity contribution is -0.139. The van der Waals surface area contributed by atoms with Gasteiger partial charge in [-0.05, 0) is 37.9 Å². The van der Waals surface area contributed by atoms with E-state index in [4.69, 9.17) is 9.47 Å². The summed E-state index contributed by atoms with van der Waals surface area (Å²) in [5, 5.41) is 3.09. The Morgan fingerprint density at radius 1 is 1.37 bits per heavy atom. The van der Waals surface area contributed by atoms with Gasteiger partial charge in [-0.15, -0.1) is 0 Å². The molecule has 0 unspecified atom stereocenters. The van der Waals surface area contributed by atoms with Crippen LogP contribution in [0.4, 0.5) is 5.69 Å². The van der Waals surface area contributed by atoms with Crippen LogP contribution < -0.4 is 5.32 Å². The fourth-order valence-electron chi connectivity index (χ4n) is 5.77. The third kappa shape index (κ3) is 2.16. The van der Waals surface area contributed by atoms with Crippen molar-refractivity contribution in [3.63, 3.8) is 0 Å². The first-order valence-electron chi connectivity index (χ1n) is 9.65. The Balaban J connectivity index is 1.55. The van der Waals surface area contributed by atoms with Gasteiger partial charge in [0.25, 0.3) is 0 Å². The Kier molecular flexibility index (Phi) is 3.63. The van der Waals surface area contributed by atoms with Crippen LogP contribution in [-0.2, 0) is 24.5 Å². The fourth-order valence-corrected chi connectivity index (χ4v) is 5.77. The van der Waals surface area contributed by atoms with Crippen molar-refractivity contribution in [1.82, 2.24) is 4.90 Å². The van der Waals surface area contributed by atoms with Gasteiger partial charge in [0.15, 0.2) is 0 Å². The van der Waals surface area contributed by atoms with E-state index in [0.29, 0.717) is 5.57 Å². The van der Waals surface area contributed by atoms with Crippen molar-refractivity contribution >= 4 is 17.6 Å². The number of rotatable bonds is 1. The van der Waals surface area contributed by atoms with E-state index >= 15 is 0 Å². The Hall–Kier alpha value is -2.34. The van der Waals surface area contributed by atoms with Crippen molar-refractivity contribution in [3.05, 3.63) is 41.7 Å². The standard InChI is InChI=1S/C21H24N2O4/c1-12-14-10-23-8-7-21(16-5-3-4-6-17(16)22-20(21)25)18(23)9-13(14)15(11-27-12)19(24)26-2/h3-6,11-14,18H,7-10H2,1-2H3,(H,22,25)/t12-,13-,14-,18-,21-/m1/s1. The maximum atomic E-state index is 13.1. The van der Waals surface area contributed by atoms with Gasteiger partial charge in [0.2, 0.25) is 5.91 Å². The van der Waals surface area contributed by atoms with Gasteiger partial charge < -0.3 is 14.8 Å². The Bertz CT molecular complexity index is 850. The number of benzene rings is 1. The summed E-state index contributed by atoms with van der Waals surface area (Å²) < 4.78 is 10.8. The van der Waals surface area contributed by atoms with E-state index in [1.807, 2.05) is 18.2 Å². The van der Waals surface area contributed by atoms with Gasteiger partial charge in [-0.25, -0.2) is 4.79 Å². The predicted molar refractivity (Wildman–Crippen MR) is 99.0 cm³/mol. The van der Waals surface area contributed by atoms with Gasteiger partial charge in [-0.2, -0.15) is 0 Å². The molecule has 2 saturated heterocycles. The number of nitrogens with one attached hydrogen (secondary N) is 1. The molecule has 0 saturated carbocycles. The monoisotopic (exact) mass is 368 g/mol. The van der Waals surface area contributed by atoms with Crippen LogP contribution in [0.25, 0.3) is 0 Å². The highest BCUT2D eigenvalue weighted by Gasteiger charge is 2.61. The smallest absolute Gasteiger partial charge is 0.337 e. The molecular formula is C21H24N2O4. The van der Waals surface area contributed by atoms with Crippen LogP contribution in [0.15, 0.2) is 36.1 Å². The molecule has 4 aliphatic rings. The average molecular weight is 368 g/mol. The molecule has 1 spiro atoms. The molecule has 4 aliphatic heterocycles. The zero-order valence-corrected chi connectivity index (χ0v) is 15.6. The van der Waals surface area contributed by atoms with Crippen LogP contribution >= 0.6 is 0 Å². The van der Waals surface area contributed by atoms with Gasteiger partial charge in [-0.3, -0.25) is 9.69 Å². The third-order valence-corrected chi connectivity index (χ3v) is 7.14. The van der Waals surface area contributed by atoms with E-state index in [1.54, 1.807) is 6.26 Å². The molecule has 0 aliphatic carbocycles. The molecule has 1 amide bonds. The molecule has 2 fully saturated rings. The zero-order chi connectivity index (χ0) is 18.8. The number of carbonyl (C=O) groups is 2. The van der Waals surface area contributed by atoms with E-state index < -0.39 is 5.41 Å². The summed E-state index contributed by atoms with van der Waals surface area (Å²) in [5.74, 6) is 0.0558. The lowest BCUT2D eigenvalue weighted by Gasteiger charge is -2.48. The molecule has 0 aromatic heterocycles. The Morgan fingerprint density at radius 2 is 2.19 bits per heavy atom. The number of fused-ring (bicyclic) bond motifs is 5. The SMILES string of the molecule is COC(=O)C1=CO[C@H](C)[C@H]2CN3CC[C@]4(C(=O)Nc5ccccc54)[C@H]3C[C@@H]12. The van der Waals surface area contributed by atoms with Gasteiger partial charge in [0.1, 0.15) is 0 Å². The quantitative estimate of drug-likeness (QED) is 0.769. The number of esters is 1. The van der Waals surface area contributed by atoms with E-state index in [2.05, 4.69) is 23.2 Å². The first-order valence-corrected chi connectivity index (χ1v) is 9.65. The summed E-state index contributed by atoms with van der Waals surface area (Å²) in [6.07, 6.45) is 3.20. The van der Waals surface area contributed by atoms with Crippen LogP contribution in [-0.4, -0.2) is 49.1 Å². The predicted octanol–water partition coefficient (Wildman–Crippen LogP) is 2.06. The number of carbonyl (C=O) groups excluding carboxylic acids is 2. The number of nitrogens with zero attached hydrogens (tertiary/aromatic N) is 1. The molecule has 1 N–H and O–H groups in total. The molecule has 5 atom stereocenters. The fraction of sp³-hybridized carbons (Fsp3) is 0.524. The Morgan fingerprint density at radius 3 is 3.00 bits per heavy atom. The van der Waals surface area contributed by atoms with Gasteiger partial charge in [0.05, 0.1) is 30.5 Å². The van der Waals surface area contributed by atoms with E-state index in [1.165, 1.54) is 7.11 Å². The van der Waals surface area contributed by atoms with E-state index in [9.17, 15) is 9.59 Å². The molecule has 27 heavy (non-hydrogen) atoms. The number of ether oxygens (including phenoxy) is 2. The summed E-state index contributed by atoms with van der Waals surface area (Å²) in [6, 6.07) is 8.10. The molecule has 5 rings (SSSR count). The topological polar surface area (TPSA) is 67.9 Å². The van der Waals surface area contributed by atoms with E-state index in [-0.39, 0.29) is 35.9 Å². The molecule has 1 aromatic rings. The molecule has 0 bridgehead atoms. The number of hydrogen-bond acceptors (Lipinski definition) is 5. The van der Waals surface area contributed by atoms with Crippen LogP contribution in [0.2, 0.25) is 0 Å². The maximum Gasteiger partial charge on any atom is 0.337 e. The minimum absolute atomic E-state index is 0.0468. The minimum Gasteiger partial charge on any atom is -0.497 e. The van der Waals surface area contributed by atoms with Gasteiger partial charge in [0, 0.05) is 30.1 Å². The molecular weight excluding hydrogens is 344 g/mol. The number of anilines is 1. The second kappa shape index (κ2) is 5.83. The van der Waals surface area contributed by atoms with Crippen LogP contribution in [0.3, 0.4) is 0 Å². The second-order valence-electron chi connectivity index (χ2n) is 8.14. The van der Waals surface area contributed by atoms with Crippen LogP contribution in [0, 0.1) is 11.8 Å². The first kappa shape index (κ1) is 16.8. The molecule has 1 aromatic carbocycles. The van der Waals surface area contributed by atoms with Crippen LogP contribution in [0.5, 0.6) is 0 Å². The highest BCUT2D eigenvalue weighted by Crippen LogP contribution is 2.53. The lowest BCUT2D eigenvalue weighted by Crippen LogP contribution is -2.56. The maximum absolute atomic E-state index is 13.1. The molecule has 0 radical (unpaired) electrons. The van der Waals surface area contributed by atoms with Crippen molar-refractivity contribution in [2.45, 2.75) is 37.3 Å². The number of methoxy groups -OCH3 is 1. The van der Waals surface area contributed by atoms with Crippen molar-refractivity contribution in [3.8, 4) is 0 Å². The lowest BCUT2D eigenvalue weighted by atomic mass is 9.66. The zero-order valence-electron chi connectivity index (χ0n) is 15.6. The van der Waals surface area contributed by atoms with Crippen molar-refractivity contribution in [2.24, 2.45) is 11.8 Å². The minimum atomic E-state index is -0.523. The molecule has 6 heteroatoms. The molecule has 6 nitrogen and oxygen atoms in total. The van der Waals surface area contributed by atoms with Crippen molar-refractivity contribution in [1.29, 1.82) is 0 Å². The number of hydrogen-bond donors (Lipinski definition) is 1.